The molecular weight excluding hydrogens is 145 g/mol. The fourth-order valence-corrected chi connectivity index (χ4v) is 1.13. The van der Waals surface area contributed by atoms with Crippen LogP contribution in [-0.4, -0.2) is 19.0 Å². The highest BCUT2D eigenvalue weighted by Gasteiger charge is 2.32. The summed E-state index contributed by atoms with van der Waals surface area (Å²) in [6.07, 6.45) is 4.11. The van der Waals surface area contributed by atoms with Crippen LogP contribution in [0.25, 0.3) is 0 Å². The van der Waals surface area contributed by atoms with E-state index in [9.17, 15) is 4.39 Å². The van der Waals surface area contributed by atoms with E-state index in [0.29, 0.717) is 0 Å². The monoisotopic (exact) mass is 157 g/mol. The molecule has 0 fully saturated rings. The van der Waals surface area contributed by atoms with Gasteiger partial charge in [0.05, 0.1) is 0 Å². The summed E-state index contributed by atoms with van der Waals surface area (Å²) in [7, 11) is 1.44. The first-order valence-corrected chi connectivity index (χ1v) is 3.44. The third-order valence-corrected chi connectivity index (χ3v) is 1.67. The van der Waals surface area contributed by atoms with Crippen molar-refractivity contribution in [1.29, 1.82) is 0 Å². The maximum absolute atomic E-state index is 13.3. The van der Waals surface area contributed by atoms with Gasteiger partial charge in [-0.05, 0) is 13.0 Å². The summed E-state index contributed by atoms with van der Waals surface area (Å²) in [5.41, 5.74) is 6.13. The van der Waals surface area contributed by atoms with Gasteiger partial charge in [-0.25, -0.2) is 4.39 Å². The number of alkyl halides is 1. The normalized spacial score (nSPS) is 37.1. The first-order valence-electron chi connectivity index (χ1n) is 3.44. The Kier molecular flexibility index (Phi) is 2.11. The fourth-order valence-electron chi connectivity index (χ4n) is 1.13. The van der Waals surface area contributed by atoms with E-state index >= 15 is 0 Å². The summed E-state index contributed by atoms with van der Waals surface area (Å²) in [6.45, 7) is 1.80. The van der Waals surface area contributed by atoms with Crippen LogP contribution in [0.1, 0.15) is 6.92 Å². The molecule has 1 aliphatic rings. The molecule has 1 aliphatic carbocycles. The van der Waals surface area contributed by atoms with Crippen molar-refractivity contribution in [3.63, 3.8) is 0 Å². The summed E-state index contributed by atoms with van der Waals surface area (Å²) in [5.74, 6) is -1.85. The molecule has 0 bridgehead atoms. The van der Waals surface area contributed by atoms with Gasteiger partial charge in [-0.2, -0.15) is 0 Å². The minimum Gasteiger partial charge on any atom is -0.372 e. The number of methoxy groups -OCH3 is 1. The standard InChI is InChI=1S/C8H12FNO/c1-6-3-4-7(11-2)8(9,10)5-6/h3-5,7H,10H2,1-2H3. The molecule has 0 saturated heterocycles. The molecule has 0 aliphatic heterocycles. The van der Waals surface area contributed by atoms with Crippen LogP contribution in [0.15, 0.2) is 23.8 Å². The molecule has 62 valence electrons. The Morgan fingerprint density at radius 2 is 2.36 bits per heavy atom. The van der Waals surface area contributed by atoms with E-state index in [0.717, 1.165) is 5.57 Å². The molecule has 0 aromatic rings. The average Bonchev–Trinajstić information content (AvgIpc) is 1.85. The number of hydrogen-bond acceptors (Lipinski definition) is 2. The van der Waals surface area contributed by atoms with Gasteiger partial charge in [0, 0.05) is 7.11 Å². The van der Waals surface area contributed by atoms with Crippen LogP contribution in [0.5, 0.6) is 0 Å². The highest BCUT2D eigenvalue weighted by Crippen LogP contribution is 2.22. The Balaban J connectivity index is 2.84. The lowest BCUT2D eigenvalue weighted by Crippen LogP contribution is -2.46. The molecule has 2 atom stereocenters. The van der Waals surface area contributed by atoms with Crippen molar-refractivity contribution in [2.75, 3.05) is 7.11 Å². The Hall–Kier alpha value is -0.670. The lowest BCUT2D eigenvalue weighted by Gasteiger charge is -2.26. The zero-order chi connectivity index (χ0) is 8.48. The molecule has 11 heavy (non-hydrogen) atoms. The maximum Gasteiger partial charge on any atom is 0.208 e. The molecule has 0 radical (unpaired) electrons. The summed E-state index contributed by atoms with van der Waals surface area (Å²) in [5, 5.41) is 0. The summed E-state index contributed by atoms with van der Waals surface area (Å²) in [4.78, 5) is 0. The number of halogens is 1. The molecule has 0 spiro atoms. The zero-order valence-electron chi connectivity index (χ0n) is 6.67. The molecule has 2 N–H and O–H groups in total. The molecule has 0 aromatic carbocycles. The van der Waals surface area contributed by atoms with Crippen molar-refractivity contribution in [1.82, 2.24) is 0 Å². The minimum atomic E-state index is -1.85. The Morgan fingerprint density at radius 3 is 2.82 bits per heavy atom. The predicted octanol–water partition coefficient (Wildman–Crippen LogP) is 1.14. The van der Waals surface area contributed by atoms with Gasteiger partial charge in [-0.1, -0.05) is 17.7 Å². The SMILES string of the molecule is COC1C=CC(C)=CC1(N)F. The van der Waals surface area contributed by atoms with Crippen LogP contribution in [0, 0.1) is 0 Å². The summed E-state index contributed by atoms with van der Waals surface area (Å²) >= 11 is 0. The minimum absolute atomic E-state index is 0.661. The molecule has 3 heteroatoms. The second kappa shape index (κ2) is 2.75. The van der Waals surface area contributed by atoms with E-state index in [4.69, 9.17) is 10.5 Å². The van der Waals surface area contributed by atoms with Crippen LogP contribution < -0.4 is 5.73 Å². The summed E-state index contributed by atoms with van der Waals surface area (Å²) in [6, 6.07) is 0. The van der Waals surface area contributed by atoms with Gasteiger partial charge in [0.25, 0.3) is 0 Å². The van der Waals surface area contributed by atoms with Crippen LogP contribution >= 0.6 is 0 Å². The Labute approximate surface area is 65.5 Å². The predicted molar refractivity (Wildman–Crippen MR) is 41.7 cm³/mol. The second-order valence-corrected chi connectivity index (χ2v) is 2.73. The van der Waals surface area contributed by atoms with E-state index < -0.39 is 11.9 Å². The fraction of sp³-hybridized carbons (Fsp3) is 0.500. The topological polar surface area (TPSA) is 35.2 Å². The third kappa shape index (κ3) is 1.67. The Morgan fingerprint density at radius 1 is 1.73 bits per heavy atom. The van der Waals surface area contributed by atoms with Crippen molar-refractivity contribution in [3.8, 4) is 0 Å². The molecule has 2 nitrogen and oxygen atoms in total. The largest absolute Gasteiger partial charge is 0.372 e. The molecule has 0 heterocycles. The number of allylic oxidation sites excluding steroid dienone is 2. The Bertz CT molecular complexity index is 208. The first kappa shape index (κ1) is 8.43. The second-order valence-electron chi connectivity index (χ2n) is 2.73. The molecule has 0 saturated carbocycles. The van der Waals surface area contributed by atoms with Crippen LogP contribution in [0.3, 0.4) is 0 Å². The van der Waals surface area contributed by atoms with Crippen molar-refractivity contribution < 1.29 is 9.13 Å². The molecule has 2 unspecified atom stereocenters. The van der Waals surface area contributed by atoms with Gasteiger partial charge >= 0.3 is 0 Å². The van der Waals surface area contributed by atoms with Gasteiger partial charge in [0.15, 0.2) is 0 Å². The van der Waals surface area contributed by atoms with Crippen molar-refractivity contribution in [2.24, 2.45) is 5.73 Å². The maximum atomic E-state index is 13.3. The van der Waals surface area contributed by atoms with E-state index in [2.05, 4.69) is 0 Å². The van der Waals surface area contributed by atoms with Crippen LogP contribution in [-0.2, 0) is 4.74 Å². The highest BCUT2D eigenvalue weighted by atomic mass is 19.1. The van der Waals surface area contributed by atoms with Crippen LogP contribution in [0.4, 0.5) is 4.39 Å². The number of rotatable bonds is 1. The zero-order valence-corrected chi connectivity index (χ0v) is 6.67. The van der Waals surface area contributed by atoms with Gasteiger partial charge in [0.2, 0.25) is 5.79 Å². The van der Waals surface area contributed by atoms with E-state index in [1.165, 1.54) is 13.2 Å². The number of nitrogens with two attached hydrogens (primary N) is 1. The van der Waals surface area contributed by atoms with Gasteiger partial charge in [0.1, 0.15) is 6.10 Å². The van der Waals surface area contributed by atoms with Crippen LogP contribution in [0.2, 0.25) is 0 Å². The lowest BCUT2D eigenvalue weighted by atomic mass is 9.99. The van der Waals surface area contributed by atoms with E-state index in [-0.39, 0.29) is 0 Å². The highest BCUT2D eigenvalue weighted by molar-refractivity contribution is 5.29. The van der Waals surface area contributed by atoms with E-state index in [1.807, 2.05) is 0 Å². The molecule has 0 amide bonds. The summed E-state index contributed by atoms with van der Waals surface area (Å²) < 4.78 is 18.1. The van der Waals surface area contributed by atoms with Gasteiger partial charge in [-0.15, -0.1) is 0 Å². The van der Waals surface area contributed by atoms with Gasteiger partial charge in [-0.3, -0.25) is 5.73 Å². The smallest absolute Gasteiger partial charge is 0.208 e. The lowest BCUT2D eigenvalue weighted by molar-refractivity contribution is 0.0235. The first-order chi connectivity index (χ1) is 5.06. The quantitative estimate of drug-likeness (QED) is 0.579. The molecule has 0 aromatic heterocycles. The number of hydrogen-bond donors (Lipinski definition) is 1. The molecular formula is C8H12FNO. The van der Waals surface area contributed by atoms with E-state index in [1.54, 1.807) is 19.1 Å². The van der Waals surface area contributed by atoms with Gasteiger partial charge < -0.3 is 4.74 Å². The van der Waals surface area contributed by atoms with Crippen molar-refractivity contribution in [2.45, 2.75) is 18.8 Å². The van der Waals surface area contributed by atoms with Crippen molar-refractivity contribution >= 4 is 0 Å². The number of ether oxygens (including phenoxy) is 1. The average molecular weight is 157 g/mol. The molecule has 1 rings (SSSR count). The third-order valence-electron chi connectivity index (χ3n) is 1.67. The van der Waals surface area contributed by atoms with Crippen molar-refractivity contribution in [3.05, 3.63) is 23.8 Å².